The maximum Gasteiger partial charge on any atom is 0.277 e. The van der Waals surface area contributed by atoms with E-state index in [4.69, 9.17) is 0 Å². The smallest absolute Gasteiger partial charge is 0.277 e. The van der Waals surface area contributed by atoms with Crippen LogP contribution in [0.4, 0.5) is 11.4 Å². The van der Waals surface area contributed by atoms with E-state index in [1.165, 1.54) is 4.31 Å². The summed E-state index contributed by atoms with van der Waals surface area (Å²) in [5.41, 5.74) is 2.49. The maximum atomic E-state index is 13.1. The molecule has 2 heterocycles. The largest absolute Gasteiger partial charge is 0.370 e. The van der Waals surface area contributed by atoms with E-state index in [1.54, 1.807) is 29.1 Å². The van der Waals surface area contributed by atoms with Gasteiger partial charge in [0.25, 0.3) is 5.91 Å². The number of carbonyl (C=O) groups excluding carboxylic acids is 1. The van der Waals surface area contributed by atoms with Crippen LogP contribution in [0.25, 0.3) is 0 Å². The molecule has 0 unspecified atom stereocenters. The average Bonchev–Trinajstić information content (AvgIpc) is 3.34. The van der Waals surface area contributed by atoms with Gasteiger partial charge in [0.15, 0.2) is 5.69 Å². The molecular formula is C25H32N6O3S. The Labute approximate surface area is 206 Å². The first-order valence-corrected chi connectivity index (χ1v) is 13.5. The Morgan fingerprint density at radius 1 is 1.03 bits per heavy atom. The minimum absolute atomic E-state index is 0.157. The van der Waals surface area contributed by atoms with Crippen molar-refractivity contribution in [1.82, 2.24) is 19.3 Å². The zero-order valence-corrected chi connectivity index (χ0v) is 21.0. The number of sulfonamides is 1. The molecule has 0 aliphatic carbocycles. The van der Waals surface area contributed by atoms with Gasteiger partial charge in [-0.25, -0.2) is 13.1 Å². The summed E-state index contributed by atoms with van der Waals surface area (Å²) >= 11 is 0. The molecule has 1 N–H and O–H groups in total. The lowest BCUT2D eigenvalue weighted by Crippen LogP contribution is -2.32. The standard InChI is InChI=1S/C25H32N6O3S/c1-3-31(4-2)35(33,34)21-13-14-24(29-15-9-6-10-16-29)22(17-21)26-25(32)23-19-30(28-27-23)18-20-11-7-5-8-12-20/h5,7-8,11-14,17,19H,3-4,6,9-10,15-16,18H2,1-2H3,(H,26,32). The van der Waals surface area contributed by atoms with Crippen LogP contribution in [0.5, 0.6) is 0 Å². The Bertz CT molecular complexity index is 1250. The van der Waals surface area contributed by atoms with Gasteiger partial charge in [-0.3, -0.25) is 4.79 Å². The molecule has 0 spiro atoms. The van der Waals surface area contributed by atoms with Crippen molar-refractivity contribution in [2.75, 3.05) is 36.4 Å². The highest BCUT2D eigenvalue weighted by atomic mass is 32.2. The van der Waals surface area contributed by atoms with Gasteiger partial charge in [-0.15, -0.1) is 5.10 Å². The summed E-state index contributed by atoms with van der Waals surface area (Å²) in [5, 5.41) is 11.0. The summed E-state index contributed by atoms with van der Waals surface area (Å²) < 4.78 is 29.3. The van der Waals surface area contributed by atoms with E-state index in [1.807, 2.05) is 44.2 Å². The second kappa shape index (κ2) is 11.0. The Morgan fingerprint density at radius 2 is 1.74 bits per heavy atom. The third-order valence-corrected chi connectivity index (χ3v) is 8.26. The predicted molar refractivity (Wildman–Crippen MR) is 136 cm³/mol. The molecule has 0 saturated carbocycles. The van der Waals surface area contributed by atoms with E-state index in [2.05, 4.69) is 20.5 Å². The van der Waals surface area contributed by atoms with E-state index in [0.717, 1.165) is 43.6 Å². The number of amides is 1. The normalized spacial score (nSPS) is 14.3. The van der Waals surface area contributed by atoms with E-state index in [0.29, 0.717) is 25.3 Å². The van der Waals surface area contributed by atoms with Crippen molar-refractivity contribution in [1.29, 1.82) is 0 Å². The van der Waals surface area contributed by atoms with Crippen LogP contribution in [-0.4, -0.2) is 59.8 Å². The van der Waals surface area contributed by atoms with Gasteiger partial charge in [0.2, 0.25) is 10.0 Å². The van der Waals surface area contributed by atoms with Crippen LogP contribution < -0.4 is 10.2 Å². The van der Waals surface area contributed by atoms with Crippen molar-refractivity contribution < 1.29 is 13.2 Å². The highest BCUT2D eigenvalue weighted by Crippen LogP contribution is 2.32. The molecular weight excluding hydrogens is 464 g/mol. The first kappa shape index (κ1) is 24.9. The van der Waals surface area contributed by atoms with Crippen molar-refractivity contribution in [2.24, 2.45) is 0 Å². The van der Waals surface area contributed by atoms with Crippen molar-refractivity contribution in [2.45, 2.75) is 44.6 Å². The summed E-state index contributed by atoms with van der Waals surface area (Å²) in [6, 6.07) is 14.8. The number of carbonyl (C=O) groups is 1. The molecule has 0 atom stereocenters. The monoisotopic (exact) mass is 496 g/mol. The van der Waals surface area contributed by atoms with E-state index >= 15 is 0 Å². The Morgan fingerprint density at radius 3 is 2.43 bits per heavy atom. The maximum absolute atomic E-state index is 13.1. The van der Waals surface area contributed by atoms with Gasteiger partial charge in [0.1, 0.15) is 0 Å². The van der Waals surface area contributed by atoms with Crippen LogP contribution in [0.3, 0.4) is 0 Å². The van der Waals surface area contributed by atoms with Crippen LogP contribution in [0.15, 0.2) is 59.6 Å². The summed E-state index contributed by atoms with van der Waals surface area (Å²) in [4.78, 5) is 15.5. The van der Waals surface area contributed by atoms with Gasteiger partial charge in [-0.2, -0.15) is 4.31 Å². The zero-order valence-electron chi connectivity index (χ0n) is 20.2. The van der Waals surface area contributed by atoms with Crippen LogP contribution in [0.2, 0.25) is 0 Å². The third kappa shape index (κ3) is 5.71. The van der Waals surface area contributed by atoms with Gasteiger partial charge in [-0.05, 0) is 43.0 Å². The van der Waals surface area contributed by atoms with Crippen LogP contribution in [0.1, 0.15) is 49.2 Å². The number of hydrogen-bond acceptors (Lipinski definition) is 6. The number of hydrogen-bond donors (Lipinski definition) is 1. The fraction of sp³-hybridized carbons (Fsp3) is 0.400. The van der Waals surface area contributed by atoms with E-state index in [-0.39, 0.29) is 10.6 Å². The molecule has 0 radical (unpaired) electrons. The third-order valence-electron chi connectivity index (χ3n) is 6.21. The lowest BCUT2D eigenvalue weighted by atomic mass is 10.1. The number of nitrogens with one attached hydrogen (secondary N) is 1. The lowest BCUT2D eigenvalue weighted by molar-refractivity contribution is 0.102. The molecule has 1 aliphatic rings. The average molecular weight is 497 g/mol. The van der Waals surface area contributed by atoms with Gasteiger partial charge in [0, 0.05) is 26.2 Å². The van der Waals surface area contributed by atoms with Crippen LogP contribution >= 0.6 is 0 Å². The molecule has 3 aromatic rings. The number of anilines is 2. The number of piperidine rings is 1. The van der Waals surface area contributed by atoms with Crippen molar-refractivity contribution in [3.05, 3.63) is 66.0 Å². The van der Waals surface area contributed by atoms with Gasteiger partial charge >= 0.3 is 0 Å². The van der Waals surface area contributed by atoms with Gasteiger partial charge in [-0.1, -0.05) is 49.4 Å². The Balaban J connectivity index is 1.62. The summed E-state index contributed by atoms with van der Waals surface area (Å²) in [6.07, 6.45) is 4.87. The van der Waals surface area contributed by atoms with Crippen LogP contribution in [0, 0.1) is 0 Å². The van der Waals surface area contributed by atoms with Gasteiger partial charge < -0.3 is 10.2 Å². The molecule has 2 aromatic carbocycles. The van der Waals surface area contributed by atoms with E-state index in [9.17, 15) is 13.2 Å². The number of rotatable bonds is 9. The quantitative estimate of drug-likeness (QED) is 0.486. The van der Waals surface area contributed by atoms with Crippen molar-refractivity contribution in [3.63, 3.8) is 0 Å². The minimum Gasteiger partial charge on any atom is -0.370 e. The topological polar surface area (TPSA) is 100 Å². The number of nitrogens with zero attached hydrogens (tertiary/aromatic N) is 5. The zero-order chi connectivity index (χ0) is 24.8. The highest BCUT2D eigenvalue weighted by molar-refractivity contribution is 7.89. The summed E-state index contributed by atoms with van der Waals surface area (Å²) in [5.74, 6) is -0.431. The molecule has 1 aromatic heterocycles. The molecule has 186 valence electrons. The first-order valence-electron chi connectivity index (χ1n) is 12.1. The molecule has 9 nitrogen and oxygen atoms in total. The first-order chi connectivity index (χ1) is 16.9. The molecule has 0 bridgehead atoms. The molecule has 1 saturated heterocycles. The summed E-state index contributed by atoms with van der Waals surface area (Å²) in [6.45, 7) is 6.58. The predicted octanol–water partition coefficient (Wildman–Crippen LogP) is 3.60. The SMILES string of the molecule is CCN(CC)S(=O)(=O)c1ccc(N2CCCCC2)c(NC(=O)c2cn(Cc3ccccc3)nn2)c1. The Kier molecular flexibility index (Phi) is 7.82. The highest BCUT2D eigenvalue weighted by Gasteiger charge is 2.25. The fourth-order valence-corrected chi connectivity index (χ4v) is 5.82. The second-order valence-electron chi connectivity index (χ2n) is 8.56. The van der Waals surface area contributed by atoms with Crippen LogP contribution in [-0.2, 0) is 16.6 Å². The molecule has 35 heavy (non-hydrogen) atoms. The fourth-order valence-electron chi connectivity index (χ4n) is 4.34. The van der Waals surface area contributed by atoms with Crippen molar-refractivity contribution >= 4 is 27.3 Å². The molecule has 1 amide bonds. The van der Waals surface area contributed by atoms with Crippen molar-refractivity contribution in [3.8, 4) is 0 Å². The second-order valence-corrected chi connectivity index (χ2v) is 10.5. The Hall–Kier alpha value is -3.24. The minimum atomic E-state index is -3.67. The summed E-state index contributed by atoms with van der Waals surface area (Å²) in [7, 11) is -3.67. The molecule has 4 rings (SSSR count). The lowest BCUT2D eigenvalue weighted by Gasteiger charge is -2.31. The number of aromatic nitrogens is 3. The molecule has 10 heteroatoms. The molecule has 1 aliphatic heterocycles. The van der Waals surface area contributed by atoms with E-state index < -0.39 is 15.9 Å². The number of benzene rings is 2. The van der Waals surface area contributed by atoms with Gasteiger partial charge in [0.05, 0.1) is 29.0 Å². The molecule has 1 fully saturated rings.